The SMILES string of the molecule is O=C(O)c1cc(Br)nc2oncc12. The number of aromatic nitrogens is 2. The van der Waals surface area contributed by atoms with Gasteiger partial charge in [0.05, 0.1) is 17.1 Å². The van der Waals surface area contributed by atoms with Crippen LogP contribution in [0.5, 0.6) is 0 Å². The van der Waals surface area contributed by atoms with E-state index in [0.29, 0.717) is 9.99 Å². The highest BCUT2D eigenvalue weighted by molar-refractivity contribution is 9.10. The monoisotopic (exact) mass is 242 g/mol. The second-order valence-electron chi connectivity index (χ2n) is 2.34. The molecule has 0 amide bonds. The van der Waals surface area contributed by atoms with Gasteiger partial charge in [-0.2, -0.15) is 0 Å². The van der Waals surface area contributed by atoms with Crippen LogP contribution in [0.1, 0.15) is 10.4 Å². The number of carboxylic acid groups (broad SMARTS) is 1. The minimum Gasteiger partial charge on any atom is -0.478 e. The molecule has 13 heavy (non-hydrogen) atoms. The second kappa shape index (κ2) is 2.81. The van der Waals surface area contributed by atoms with Crippen molar-refractivity contribution in [2.45, 2.75) is 0 Å². The summed E-state index contributed by atoms with van der Waals surface area (Å²) in [5.74, 6) is -1.03. The maximum Gasteiger partial charge on any atom is 0.336 e. The molecule has 0 fully saturated rings. The van der Waals surface area contributed by atoms with Crippen LogP contribution in [0.3, 0.4) is 0 Å². The first kappa shape index (κ1) is 8.18. The molecule has 0 saturated heterocycles. The van der Waals surface area contributed by atoms with E-state index in [4.69, 9.17) is 9.63 Å². The molecule has 0 saturated carbocycles. The lowest BCUT2D eigenvalue weighted by Gasteiger charge is -1.94. The van der Waals surface area contributed by atoms with Crippen molar-refractivity contribution in [3.63, 3.8) is 0 Å². The summed E-state index contributed by atoms with van der Waals surface area (Å²) in [7, 11) is 0. The average Bonchev–Trinajstić information content (AvgIpc) is 2.49. The molecule has 2 rings (SSSR count). The van der Waals surface area contributed by atoms with Crippen LogP contribution in [-0.2, 0) is 0 Å². The Morgan fingerprint density at radius 2 is 2.38 bits per heavy atom. The Morgan fingerprint density at radius 3 is 3.08 bits per heavy atom. The molecule has 0 spiro atoms. The van der Waals surface area contributed by atoms with Crippen LogP contribution in [0.4, 0.5) is 0 Å². The maximum atomic E-state index is 10.7. The third-order valence-corrected chi connectivity index (χ3v) is 1.95. The van der Waals surface area contributed by atoms with Crippen molar-refractivity contribution < 1.29 is 14.4 Å². The molecule has 0 aliphatic heterocycles. The fraction of sp³-hybridized carbons (Fsp3) is 0. The summed E-state index contributed by atoms with van der Waals surface area (Å²) in [5.41, 5.74) is 0.338. The van der Waals surface area contributed by atoms with Crippen LogP contribution in [0.2, 0.25) is 0 Å². The molecule has 0 atom stereocenters. The molecule has 66 valence electrons. The third kappa shape index (κ3) is 1.29. The zero-order chi connectivity index (χ0) is 9.42. The normalized spacial score (nSPS) is 10.5. The van der Waals surface area contributed by atoms with E-state index in [-0.39, 0.29) is 11.3 Å². The summed E-state index contributed by atoms with van der Waals surface area (Å²) in [6.07, 6.45) is 1.33. The number of pyridine rings is 1. The predicted octanol–water partition coefficient (Wildman–Crippen LogP) is 1.68. The summed E-state index contributed by atoms with van der Waals surface area (Å²) >= 11 is 3.07. The number of fused-ring (bicyclic) bond motifs is 1. The highest BCUT2D eigenvalue weighted by Crippen LogP contribution is 2.20. The fourth-order valence-electron chi connectivity index (χ4n) is 1.00. The van der Waals surface area contributed by atoms with Crippen molar-refractivity contribution >= 4 is 33.0 Å². The lowest BCUT2D eigenvalue weighted by Crippen LogP contribution is -1.97. The van der Waals surface area contributed by atoms with Gasteiger partial charge in [-0.3, -0.25) is 0 Å². The molecular formula is C7H3BrN2O3. The summed E-state index contributed by atoms with van der Waals surface area (Å²) < 4.78 is 5.15. The zero-order valence-corrected chi connectivity index (χ0v) is 7.78. The van der Waals surface area contributed by atoms with E-state index >= 15 is 0 Å². The standard InChI is InChI=1S/C7H3BrN2O3/c8-5-1-3(7(11)12)4-2-9-13-6(4)10-5/h1-2H,(H,11,12). The number of aromatic carboxylic acids is 1. The Morgan fingerprint density at radius 1 is 1.62 bits per heavy atom. The molecule has 2 heterocycles. The van der Waals surface area contributed by atoms with Gasteiger partial charge in [-0.15, -0.1) is 0 Å². The first-order chi connectivity index (χ1) is 6.18. The van der Waals surface area contributed by atoms with Crippen molar-refractivity contribution in [3.05, 3.63) is 22.4 Å². The van der Waals surface area contributed by atoms with Gasteiger partial charge in [-0.25, -0.2) is 9.78 Å². The van der Waals surface area contributed by atoms with Crippen LogP contribution in [0.25, 0.3) is 11.1 Å². The van der Waals surface area contributed by atoms with Gasteiger partial charge in [0, 0.05) is 0 Å². The summed E-state index contributed by atoms with van der Waals surface area (Å²) in [5, 5.41) is 12.7. The van der Waals surface area contributed by atoms with Gasteiger partial charge in [0.25, 0.3) is 5.71 Å². The molecule has 6 heteroatoms. The Hall–Kier alpha value is -1.43. The molecular weight excluding hydrogens is 240 g/mol. The van der Waals surface area contributed by atoms with Crippen molar-refractivity contribution in [1.82, 2.24) is 10.1 Å². The Bertz CT molecular complexity index is 480. The third-order valence-electron chi connectivity index (χ3n) is 1.54. The van der Waals surface area contributed by atoms with E-state index in [1.165, 1.54) is 12.3 Å². The van der Waals surface area contributed by atoms with E-state index in [1.54, 1.807) is 0 Å². The Labute approximate surface area is 80.5 Å². The fourth-order valence-corrected chi connectivity index (χ4v) is 1.39. The van der Waals surface area contributed by atoms with Gasteiger partial charge in [-0.05, 0) is 22.0 Å². The molecule has 2 aromatic rings. The first-order valence-corrected chi connectivity index (χ1v) is 4.12. The average molecular weight is 243 g/mol. The molecule has 1 N–H and O–H groups in total. The van der Waals surface area contributed by atoms with Crippen LogP contribution in [0.15, 0.2) is 21.4 Å². The highest BCUT2D eigenvalue weighted by Gasteiger charge is 2.13. The van der Waals surface area contributed by atoms with E-state index in [2.05, 4.69) is 26.1 Å². The Kier molecular flexibility index (Phi) is 1.77. The van der Waals surface area contributed by atoms with Crippen molar-refractivity contribution in [1.29, 1.82) is 0 Å². The molecule has 5 nitrogen and oxygen atoms in total. The van der Waals surface area contributed by atoms with E-state index in [9.17, 15) is 4.79 Å². The van der Waals surface area contributed by atoms with Gasteiger partial charge in [-0.1, -0.05) is 5.16 Å². The number of hydrogen-bond donors (Lipinski definition) is 1. The molecule has 0 aromatic carbocycles. The maximum absolute atomic E-state index is 10.7. The Balaban J connectivity index is 2.84. The summed E-state index contributed by atoms with van der Waals surface area (Å²) in [6, 6.07) is 1.40. The second-order valence-corrected chi connectivity index (χ2v) is 3.15. The van der Waals surface area contributed by atoms with E-state index in [0.717, 1.165) is 0 Å². The summed E-state index contributed by atoms with van der Waals surface area (Å²) in [4.78, 5) is 14.6. The summed E-state index contributed by atoms with van der Waals surface area (Å²) in [6.45, 7) is 0. The zero-order valence-electron chi connectivity index (χ0n) is 6.19. The number of rotatable bonds is 1. The smallest absolute Gasteiger partial charge is 0.336 e. The van der Waals surface area contributed by atoms with Crippen molar-refractivity contribution in [2.75, 3.05) is 0 Å². The number of hydrogen-bond acceptors (Lipinski definition) is 4. The molecule has 0 aliphatic carbocycles. The van der Waals surface area contributed by atoms with Crippen LogP contribution >= 0.6 is 15.9 Å². The van der Waals surface area contributed by atoms with E-state index < -0.39 is 5.97 Å². The minimum atomic E-state index is -1.03. The molecule has 0 unspecified atom stereocenters. The first-order valence-electron chi connectivity index (χ1n) is 3.32. The number of halogens is 1. The van der Waals surface area contributed by atoms with E-state index in [1.807, 2.05) is 0 Å². The van der Waals surface area contributed by atoms with Crippen LogP contribution in [-0.4, -0.2) is 21.2 Å². The topological polar surface area (TPSA) is 76.2 Å². The molecule has 2 aromatic heterocycles. The lowest BCUT2D eigenvalue weighted by atomic mass is 10.2. The molecule has 0 aliphatic rings. The largest absolute Gasteiger partial charge is 0.478 e. The van der Waals surface area contributed by atoms with Crippen molar-refractivity contribution in [3.8, 4) is 0 Å². The van der Waals surface area contributed by atoms with Crippen LogP contribution < -0.4 is 0 Å². The number of carboxylic acids is 1. The predicted molar refractivity (Wildman–Crippen MR) is 46.5 cm³/mol. The van der Waals surface area contributed by atoms with Gasteiger partial charge < -0.3 is 9.63 Å². The number of nitrogens with zero attached hydrogens (tertiary/aromatic N) is 2. The molecule has 0 bridgehead atoms. The lowest BCUT2D eigenvalue weighted by molar-refractivity contribution is 0.0699. The van der Waals surface area contributed by atoms with Crippen LogP contribution in [0, 0.1) is 0 Å². The highest BCUT2D eigenvalue weighted by atomic mass is 79.9. The van der Waals surface area contributed by atoms with Gasteiger partial charge in [0.2, 0.25) is 0 Å². The van der Waals surface area contributed by atoms with Gasteiger partial charge >= 0.3 is 5.97 Å². The van der Waals surface area contributed by atoms with Gasteiger partial charge in [0.1, 0.15) is 4.60 Å². The molecule has 0 radical (unpaired) electrons. The minimum absolute atomic E-state index is 0.123. The number of carbonyl (C=O) groups is 1. The van der Waals surface area contributed by atoms with Crippen molar-refractivity contribution in [2.24, 2.45) is 0 Å². The quantitative estimate of drug-likeness (QED) is 0.771. The van der Waals surface area contributed by atoms with Gasteiger partial charge in [0.15, 0.2) is 0 Å².